The van der Waals surface area contributed by atoms with Crippen molar-refractivity contribution in [2.24, 2.45) is 0 Å². The molecule has 0 radical (unpaired) electrons. The third-order valence-electron chi connectivity index (χ3n) is 6.14. The van der Waals surface area contributed by atoms with Crippen molar-refractivity contribution < 1.29 is 9.59 Å². The quantitative estimate of drug-likeness (QED) is 0.590. The first kappa shape index (κ1) is 22.9. The standard InChI is InChI=1S/C26H29ClN2O2S/c1-18-7-6-8-19(15-18)13-14-28-25(30)17-29-22-11-4-5-12-23(22)32-24(26(29)31)16-20-9-2-3-10-21(20)27/h2-3,6-10,15-16,22-23H,4-5,11-14,17H2,1H3,(H,28,30)/b24-16+. The molecule has 2 aliphatic rings. The first-order valence-corrected chi connectivity index (χ1v) is 12.5. The minimum absolute atomic E-state index is 0.0631. The molecule has 2 atom stereocenters. The molecule has 168 valence electrons. The van der Waals surface area contributed by atoms with E-state index in [4.69, 9.17) is 11.6 Å². The fourth-order valence-electron chi connectivity index (χ4n) is 4.52. The molecule has 6 heteroatoms. The summed E-state index contributed by atoms with van der Waals surface area (Å²) in [5.74, 6) is -0.161. The highest BCUT2D eigenvalue weighted by Crippen LogP contribution is 2.42. The van der Waals surface area contributed by atoms with E-state index in [1.54, 1.807) is 16.7 Å². The Morgan fingerprint density at radius 2 is 2.00 bits per heavy atom. The number of hydrogen-bond donors (Lipinski definition) is 1. The molecule has 4 rings (SSSR count). The van der Waals surface area contributed by atoms with Gasteiger partial charge >= 0.3 is 0 Å². The average Bonchev–Trinajstić information content (AvgIpc) is 2.78. The predicted molar refractivity (Wildman–Crippen MR) is 133 cm³/mol. The van der Waals surface area contributed by atoms with Crippen molar-refractivity contribution in [3.8, 4) is 0 Å². The average molecular weight is 469 g/mol. The Labute approximate surface area is 199 Å². The Morgan fingerprint density at radius 1 is 1.19 bits per heavy atom. The maximum atomic E-state index is 13.4. The van der Waals surface area contributed by atoms with Gasteiger partial charge in [-0.1, -0.05) is 72.5 Å². The first-order valence-electron chi connectivity index (χ1n) is 11.3. The van der Waals surface area contributed by atoms with Crippen LogP contribution in [0.1, 0.15) is 42.4 Å². The fraction of sp³-hybridized carbons (Fsp3) is 0.385. The van der Waals surface area contributed by atoms with Crippen molar-refractivity contribution >= 4 is 41.3 Å². The van der Waals surface area contributed by atoms with E-state index in [1.165, 1.54) is 11.1 Å². The number of carbonyl (C=O) groups excluding carboxylic acids is 2. The minimum atomic E-state index is -0.0979. The molecule has 1 saturated carbocycles. The van der Waals surface area contributed by atoms with Crippen LogP contribution in [-0.4, -0.2) is 41.1 Å². The summed E-state index contributed by atoms with van der Waals surface area (Å²) in [5, 5.41) is 3.96. The summed E-state index contributed by atoms with van der Waals surface area (Å²) in [6.07, 6.45) is 6.94. The van der Waals surface area contributed by atoms with Gasteiger partial charge in [-0.15, -0.1) is 11.8 Å². The number of benzene rings is 2. The monoisotopic (exact) mass is 468 g/mol. The fourth-order valence-corrected chi connectivity index (χ4v) is 6.17. The van der Waals surface area contributed by atoms with Gasteiger partial charge in [0.05, 0.1) is 4.91 Å². The van der Waals surface area contributed by atoms with Gasteiger partial charge in [0.2, 0.25) is 5.91 Å². The van der Waals surface area contributed by atoms with E-state index in [2.05, 4.69) is 30.4 Å². The largest absolute Gasteiger partial charge is 0.354 e. The van der Waals surface area contributed by atoms with Crippen molar-refractivity contribution in [3.05, 3.63) is 75.1 Å². The molecule has 32 heavy (non-hydrogen) atoms. The molecule has 0 bridgehead atoms. The third-order valence-corrected chi connectivity index (χ3v) is 7.89. The van der Waals surface area contributed by atoms with Crippen LogP contribution < -0.4 is 5.32 Å². The number of hydrogen-bond acceptors (Lipinski definition) is 3. The Bertz CT molecular complexity index is 1020. The summed E-state index contributed by atoms with van der Waals surface area (Å²) in [6.45, 7) is 2.74. The zero-order valence-corrected chi connectivity index (χ0v) is 19.9. The number of nitrogens with one attached hydrogen (secondary N) is 1. The van der Waals surface area contributed by atoms with Gasteiger partial charge in [0.1, 0.15) is 6.54 Å². The van der Waals surface area contributed by atoms with Gasteiger partial charge in [0.15, 0.2) is 0 Å². The number of thioether (sulfide) groups is 1. The van der Waals surface area contributed by atoms with Crippen LogP contribution in [0.25, 0.3) is 6.08 Å². The molecule has 1 saturated heterocycles. The molecule has 0 aromatic heterocycles. The molecular formula is C26H29ClN2O2S. The van der Waals surface area contributed by atoms with Crippen LogP contribution in [0.4, 0.5) is 0 Å². The number of fused-ring (bicyclic) bond motifs is 1. The van der Waals surface area contributed by atoms with Gasteiger partial charge in [-0.2, -0.15) is 0 Å². The van der Waals surface area contributed by atoms with Crippen LogP contribution in [0.2, 0.25) is 5.02 Å². The van der Waals surface area contributed by atoms with E-state index in [1.807, 2.05) is 36.4 Å². The molecule has 0 spiro atoms. The van der Waals surface area contributed by atoms with Crippen LogP contribution in [0.5, 0.6) is 0 Å². The molecule has 1 N–H and O–H groups in total. The summed E-state index contributed by atoms with van der Waals surface area (Å²) in [5.41, 5.74) is 3.25. The number of halogens is 1. The SMILES string of the molecule is Cc1cccc(CCNC(=O)CN2C(=O)/C(=C\c3ccccc3Cl)SC3CCCCC32)c1. The molecule has 1 aliphatic carbocycles. The zero-order valence-electron chi connectivity index (χ0n) is 18.4. The summed E-state index contributed by atoms with van der Waals surface area (Å²) < 4.78 is 0. The van der Waals surface area contributed by atoms with E-state index < -0.39 is 0 Å². The molecule has 2 aromatic carbocycles. The Balaban J connectivity index is 1.44. The van der Waals surface area contributed by atoms with Gasteiger partial charge in [-0.3, -0.25) is 9.59 Å². The number of amides is 2. The third kappa shape index (κ3) is 5.57. The van der Waals surface area contributed by atoms with E-state index >= 15 is 0 Å². The van der Waals surface area contributed by atoms with Gasteiger partial charge in [0.25, 0.3) is 5.91 Å². The predicted octanol–water partition coefficient (Wildman–Crippen LogP) is 5.23. The van der Waals surface area contributed by atoms with Gasteiger partial charge in [-0.05, 0) is 49.5 Å². The molecule has 2 unspecified atom stereocenters. The van der Waals surface area contributed by atoms with Crippen molar-refractivity contribution in [2.45, 2.75) is 50.3 Å². The van der Waals surface area contributed by atoms with E-state index in [0.29, 0.717) is 21.7 Å². The summed E-state index contributed by atoms with van der Waals surface area (Å²) in [7, 11) is 0. The minimum Gasteiger partial charge on any atom is -0.354 e. The smallest absolute Gasteiger partial charge is 0.261 e. The second-order valence-electron chi connectivity index (χ2n) is 8.56. The van der Waals surface area contributed by atoms with E-state index in [9.17, 15) is 9.59 Å². The van der Waals surface area contributed by atoms with Crippen LogP contribution in [0, 0.1) is 6.92 Å². The van der Waals surface area contributed by atoms with E-state index in [0.717, 1.165) is 37.7 Å². The molecule has 2 fully saturated rings. The zero-order chi connectivity index (χ0) is 22.5. The summed E-state index contributed by atoms with van der Waals surface area (Å²) in [4.78, 5) is 28.6. The molecule has 2 aromatic rings. The maximum Gasteiger partial charge on any atom is 0.261 e. The lowest BCUT2D eigenvalue weighted by molar-refractivity contribution is -0.135. The van der Waals surface area contributed by atoms with Gasteiger partial charge < -0.3 is 10.2 Å². The number of rotatable bonds is 6. The highest BCUT2D eigenvalue weighted by molar-refractivity contribution is 8.04. The molecule has 1 aliphatic heterocycles. The number of carbonyl (C=O) groups is 2. The molecular weight excluding hydrogens is 440 g/mol. The van der Waals surface area contributed by atoms with Crippen molar-refractivity contribution in [1.82, 2.24) is 10.2 Å². The Morgan fingerprint density at radius 3 is 2.81 bits per heavy atom. The highest BCUT2D eigenvalue weighted by atomic mass is 35.5. The molecule has 2 amide bonds. The summed E-state index contributed by atoms with van der Waals surface area (Å²) in [6, 6.07) is 16.0. The van der Waals surface area contributed by atoms with Crippen molar-refractivity contribution in [1.29, 1.82) is 0 Å². The Hall–Kier alpha value is -2.24. The van der Waals surface area contributed by atoms with Gasteiger partial charge in [0, 0.05) is 22.9 Å². The molecule has 1 heterocycles. The van der Waals surface area contributed by atoms with Crippen LogP contribution in [-0.2, 0) is 16.0 Å². The number of nitrogens with zero attached hydrogens (tertiary/aromatic N) is 1. The van der Waals surface area contributed by atoms with Crippen LogP contribution >= 0.6 is 23.4 Å². The molecule has 4 nitrogen and oxygen atoms in total. The lowest BCUT2D eigenvalue weighted by atomic mass is 9.93. The van der Waals surface area contributed by atoms with Crippen molar-refractivity contribution in [3.63, 3.8) is 0 Å². The second-order valence-corrected chi connectivity index (χ2v) is 10.2. The summed E-state index contributed by atoms with van der Waals surface area (Å²) >= 11 is 7.98. The van der Waals surface area contributed by atoms with Crippen LogP contribution in [0.15, 0.2) is 53.4 Å². The lowest BCUT2D eigenvalue weighted by Crippen LogP contribution is -2.54. The topological polar surface area (TPSA) is 49.4 Å². The second kappa shape index (κ2) is 10.6. The maximum absolute atomic E-state index is 13.4. The van der Waals surface area contributed by atoms with Crippen molar-refractivity contribution in [2.75, 3.05) is 13.1 Å². The van der Waals surface area contributed by atoms with Crippen LogP contribution in [0.3, 0.4) is 0 Å². The number of aryl methyl sites for hydroxylation is 1. The lowest BCUT2D eigenvalue weighted by Gasteiger charge is -2.43. The highest BCUT2D eigenvalue weighted by Gasteiger charge is 2.41. The Kier molecular flexibility index (Phi) is 7.59. The first-order chi connectivity index (χ1) is 15.5. The van der Waals surface area contributed by atoms with Gasteiger partial charge in [-0.25, -0.2) is 0 Å². The van der Waals surface area contributed by atoms with E-state index in [-0.39, 0.29) is 24.4 Å². The normalized spacial score (nSPS) is 22.0.